The predicted molar refractivity (Wildman–Crippen MR) is 210 cm³/mol. The van der Waals surface area contributed by atoms with Gasteiger partial charge in [-0.05, 0) is 81.3 Å². The van der Waals surface area contributed by atoms with Gasteiger partial charge in [-0.3, -0.25) is 38.6 Å². The summed E-state index contributed by atoms with van der Waals surface area (Å²) in [6.07, 6.45) is 5.11. The number of amides is 7. The van der Waals surface area contributed by atoms with E-state index in [4.69, 9.17) is 22.9 Å². The Labute approximate surface area is 321 Å². The molecule has 0 aromatic rings. The molecule has 18 nitrogen and oxygen atoms in total. The van der Waals surface area contributed by atoms with Crippen LogP contribution in [0.2, 0.25) is 0 Å². The summed E-state index contributed by atoms with van der Waals surface area (Å²) in [7, 11) is 0. The molecular weight excluding hydrogens is 727 g/mol. The zero-order valence-corrected chi connectivity index (χ0v) is 33.8. The second-order valence-corrected chi connectivity index (χ2v) is 15.5. The lowest BCUT2D eigenvalue weighted by Gasteiger charge is -2.27. The van der Waals surface area contributed by atoms with Crippen LogP contribution in [-0.4, -0.2) is 121 Å². The minimum absolute atomic E-state index is 0.0407. The molecule has 0 rings (SSSR count). The van der Waals surface area contributed by atoms with Crippen molar-refractivity contribution in [3.05, 3.63) is 0 Å². The highest BCUT2D eigenvalue weighted by Crippen LogP contribution is 2.11. The number of hydrogen-bond donors (Lipinski definition) is 10. The van der Waals surface area contributed by atoms with Crippen LogP contribution in [0.25, 0.3) is 0 Å². The molecule has 20 heteroatoms. The van der Waals surface area contributed by atoms with E-state index >= 15 is 0 Å². The van der Waals surface area contributed by atoms with Gasteiger partial charge in [0.25, 0.3) is 0 Å². The summed E-state index contributed by atoms with van der Waals surface area (Å²) in [4.78, 5) is 94.7. The van der Waals surface area contributed by atoms with Crippen molar-refractivity contribution in [2.45, 2.75) is 109 Å². The summed E-state index contributed by atoms with van der Waals surface area (Å²) in [6, 6.07) is -5.99. The van der Waals surface area contributed by atoms with Crippen LogP contribution in [0.15, 0.2) is 4.99 Å². The van der Waals surface area contributed by atoms with E-state index in [0.717, 1.165) is 0 Å². The lowest BCUT2D eigenvalue weighted by molar-refractivity contribution is -0.135. The summed E-state index contributed by atoms with van der Waals surface area (Å²) < 4.78 is 0. The molecule has 0 unspecified atom stereocenters. The fraction of sp³-hybridized carbons (Fsp3) is 0.758. The Kier molecular flexibility index (Phi) is 25.0. The molecule has 0 radical (unpaired) electrons. The summed E-state index contributed by atoms with van der Waals surface area (Å²) in [5.74, 6) is -3.49. The third-order valence-electron chi connectivity index (χ3n) is 7.63. The van der Waals surface area contributed by atoms with E-state index in [2.05, 4.69) is 36.9 Å². The maximum atomic E-state index is 13.7. The van der Waals surface area contributed by atoms with E-state index in [9.17, 15) is 33.6 Å². The van der Waals surface area contributed by atoms with Gasteiger partial charge in [-0.25, -0.2) is 0 Å². The lowest BCUT2D eigenvalue weighted by atomic mass is 10.0. The molecule has 304 valence electrons. The molecule has 0 aliphatic rings. The smallest absolute Gasteiger partial charge is 0.243 e. The second-order valence-electron chi connectivity index (χ2n) is 13.5. The molecule has 53 heavy (non-hydrogen) atoms. The molecule has 0 bridgehead atoms. The van der Waals surface area contributed by atoms with Crippen molar-refractivity contribution in [3.8, 4) is 0 Å². The average molecular weight is 790 g/mol. The van der Waals surface area contributed by atoms with Gasteiger partial charge in [0.15, 0.2) is 5.96 Å². The van der Waals surface area contributed by atoms with Crippen molar-refractivity contribution < 1.29 is 33.6 Å². The van der Waals surface area contributed by atoms with E-state index in [1.807, 2.05) is 40.2 Å². The van der Waals surface area contributed by atoms with Crippen molar-refractivity contribution in [1.82, 2.24) is 31.9 Å². The summed E-state index contributed by atoms with van der Waals surface area (Å²) in [5.41, 5.74) is 22.0. The Morgan fingerprint density at radius 3 is 1.49 bits per heavy atom. The Balaban J connectivity index is 5.96. The first kappa shape index (κ1) is 49.2. The monoisotopic (exact) mass is 789 g/mol. The van der Waals surface area contributed by atoms with Crippen LogP contribution in [0.5, 0.6) is 0 Å². The second kappa shape index (κ2) is 26.9. The van der Waals surface area contributed by atoms with Crippen LogP contribution in [-0.2, 0) is 33.6 Å². The Bertz CT molecular complexity index is 1230. The number of carbonyl (C=O) groups is 7. The number of hydrogen-bond acceptors (Lipinski definition) is 11. The van der Waals surface area contributed by atoms with Crippen LogP contribution in [0.1, 0.15) is 73.1 Å². The molecule has 0 heterocycles. The molecule has 7 amide bonds. The van der Waals surface area contributed by atoms with Gasteiger partial charge in [-0.1, -0.05) is 27.7 Å². The normalized spacial score (nSPS) is 14.5. The first-order chi connectivity index (χ1) is 24.8. The molecule has 0 aliphatic heterocycles. The fourth-order valence-corrected chi connectivity index (χ4v) is 5.80. The van der Waals surface area contributed by atoms with Crippen molar-refractivity contribution in [2.75, 3.05) is 37.1 Å². The standard InChI is InChI=1S/C33H63N11O7S2/c1-18(2)15-24(27(35)46)43-30(49)21(9-8-12-38-33(36)37)42-32(51)25(16-19(3)4)44-31(50)23(11-14-53-7)40-26(45)17-39-29(48)22(10-13-52-6)41-28(47)20(5)34/h18-25H,8-17,34H2,1-7H3,(H2,35,46)(H,39,48)(H,40,45)(H,41,47)(H,42,51)(H,43,49)(H,44,50)(H4,36,37,38)/t20-,21-,22-,23-,24-,25-/m0/s1. The molecular formula is C33H63N11O7S2. The minimum Gasteiger partial charge on any atom is -0.370 e. The molecule has 0 aromatic heterocycles. The van der Waals surface area contributed by atoms with Crippen LogP contribution in [0, 0.1) is 11.8 Å². The highest BCUT2D eigenvalue weighted by molar-refractivity contribution is 7.98. The van der Waals surface area contributed by atoms with Crippen molar-refractivity contribution >= 4 is 70.8 Å². The zero-order chi connectivity index (χ0) is 40.7. The average Bonchev–Trinajstić information content (AvgIpc) is 3.06. The molecule has 0 aromatic carbocycles. The fourth-order valence-electron chi connectivity index (χ4n) is 4.86. The predicted octanol–water partition coefficient (Wildman–Crippen LogP) is -1.99. The Morgan fingerprint density at radius 2 is 1.02 bits per heavy atom. The number of carbonyl (C=O) groups excluding carboxylic acids is 7. The highest BCUT2D eigenvalue weighted by Gasteiger charge is 2.32. The number of rotatable bonds is 27. The van der Waals surface area contributed by atoms with Crippen molar-refractivity contribution in [1.29, 1.82) is 0 Å². The first-order valence-corrected chi connectivity index (χ1v) is 20.5. The number of nitrogens with two attached hydrogens (primary N) is 4. The van der Waals surface area contributed by atoms with E-state index in [-0.39, 0.29) is 50.0 Å². The van der Waals surface area contributed by atoms with Crippen LogP contribution < -0.4 is 54.8 Å². The van der Waals surface area contributed by atoms with Crippen LogP contribution in [0.3, 0.4) is 0 Å². The molecule has 0 saturated carbocycles. The maximum Gasteiger partial charge on any atom is 0.243 e. The maximum absolute atomic E-state index is 13.7. The number of primary amides is 1. The first-order valence-electron chi connectivity index (χ1n) is 17.7. The van der Waals surface area contributed by atoms with Gasteiger partial charge in [0, 0.05) is 6.54 Å². The highest BCUT2D eigenvalue weighted by atomic mass is 32.2. The quantitative estimate of drug-likeness (QED) is 0.0246. The lowest BCUT2D eigenvalue weighted by Crippen LogP contribution is -2.59. The van der Waals surface area contributed by atoms with Gasteiger partial charge in [0.1, 0.15) is 30.2 Å². The minimum atomic E-state index is -1.12. The number of nitrogens with zero attached hydrogens (tertiary/aromatic N) is 1. The van der Waals surface area contributed by atoms with Crippen LogP contribution in [0.4, 0.5) is 0 Å². The topological polar surface area (TPSA) is 308 Å². The third kappa shape index (κ3) is 22.1. The summed E-state index contributed by atoms with van der Waals surface area (Å²) in [6.45, 7) is 8.65. The summed E-state index contributed by atoms with van der Waals surface area (Å²) >= 11 is 2.93. The molecule has 14 N–H and O–H groups in total. The number of aliphatic imine (C=N–C) groups is 1. The molecule has 0 saturated heterocycles. The molecule has 0 aliphatic carbocycles. The molecule has 6 atom stereocenters. The Hall–Kier alpha value is -3.78. The number of thioether (sulfide) groups is 2. The SMILES string of the molecule is CSCC[C@H](NC(=O)CNC(=O)[C@H](CCSC)NC(=O)[C@H](C)N)C(=O)N[C@@H](CC(C)C)C(=O)N[C@@H](CCCN=C(N)N)C(=O)N[C@@H](CC(C)C)C(N)=O. The third-order valence-corrected chi connectivity index (χ3v) is 8.92. The van der Waals surface area contributed by atoms with E-state index in [0.29, 0.717) is 24.3 Å². The largest absolute Gasteiger partial charge is 0.370 e. The van der Waals surface area contributed by atoms with E-state index < -0.39 is 84.1 Å². The van der Waals surface area contributed by atoms with Gasteiger partial charge >= 0.3 is 0 Å². The number of guanidine groups is 1. The van der Waals surface area contributed by atoms with Crippen molar-refractivity contribution in [2.24, 2.45) is 39.8 Å². The van der Waals surface area contributed by atoms with Crippen LogP contribution >= 0.6 is 23.5 Å². The zero-order valence-electron chi connectivity index (χ0n) is 32.1. The summed E-state index contributed by atoms with van der Waals surface area (Å²) in [5, 5.41) is 15.8. The molecule has 0 spiro atoms. The van der Waals surface area contributed by atoms with E-state index in [1.165, 1.54) is 30.4 Å². The van der Waals surface area contributed by atoms with Gasteiger partial charge in [-0.15, -0.1) is 0 Å². The van der Waals surface area contributed by atoms with Gasteiger partial charge in [-0.2, -0.15) is 23.5 Å². The molecule has 0 fully saturated rings. The van der Waals surface area contributed by atoms with Gasteiger partial charge < -0.3 is 54.8 Å². The number of nitrogens with one attached hydrogen (secondary N) is 6. The van der Waals surface area contributed by atoms with Crippen molar-refractivity contribution in [3.63, 3.8) is 0 Å². The Morgan fingerprint density at radius 1 is 0.585 bits per heavy atom. The van der Waals surface area contributed by atoms with Gasteiger partial charge in [0.05, 0.1) is 12.6 Å². The van der Waals surface area contributed by atoms with E-state index in [1.54, 1.807) is 0 Å². The van der Waals surface area contributed by atoms with Gasteiger partial charge in [0.2, 0.25) is 41.4 Å².